The first-order chi connectivity index (χ1) is 7.85. The second-order valence-corrected chi connectivity index (χ2v) is 3.30. The van der Waals surface area contributed by atoms with Gasteiger partial charge in [0.1, 0.15) is 5.75 Å². The molecule has 0 aliphatic heterocycles. The molecule has 0 atom stereocenters. The number of nitrogens with zero attached hydrogens (tertiary/aromatic N) is 1. The minimum absolute atomic E-state index is 0.810. The van der Waals surface area contributed by atoms with E-state index in [-0.39, 0.29) is 0 Å². The zero-order chi connectivity index (χ0) is 11.4. The van der Waals surface area contributed by atoms with E-state index in [0.29, 0.717) is 0 Å². The molecule has 1 heterocycles. The maximum absolute atomic E-state index is 5.45. The Morgan fingerprint density at radius 1 is 1.31 bits per heavy atom. The van der Waals surface area contributed by atoms with Crippen molar-refractivity contribution in [3.63, 3.8) is 0 Å². The minimum atomic E-state index is 0.810. The van der Waals surface area contributed by atoms with Crippen molar-refractivity contribution < 1.29 is 4.74 Å². The fourth-order valence-corrected chi connectivity index (χ4v) is 1.54. The topological polar surface area (TPSA) is 22.1 Å². The number of methoxy groups -OCH3 is 1. The summed E-state index contributed by atoms with van der Waals surface area (Å²) in [6, 6.07) is 9.59. The van der Waals surface area contributed by atoms with E-state index in [2.05, 4.69) is 10.9 Å². The molecule has 0 N–H and O–H groups in total. The summed E-state index contributed by atoms with van der Waals surface area (Å²) in [4.78, 5) is 4.09. The van der Waals surface area contributed by atoms with Gasteiger partial charge < -0.3 is 4.74 Å². The van der Waals surface area contributed by atoms with Crippen LogP contribution in [0.3, 0.4) is 0 Å². The number of hydrogen-bond acceptors (Lipinski definition) is 2. The lowest BCUT2D eigenvalue weighted by Gasteiger charge is -2.06. The highest BCUT2D eigenvalue weighted by atomic mass is 16.5. The van der Waals surface area contributed by atoms with E-state index in [9.17, 15) is 0 Å². The molecular formula is C14H11NO. The van der Waals surface area contributed by atoms with E-state index in [1.54, 1.807) is 19.5 Å². The predicted molar refractivity (Wildman–Crippen MR) is 64.2 cm³/mol. The molecule has 0 fully saturated rings. The van der Waals surface area contributed by atoms with Gasteiger partial charge in [-0.15, -0.1) is 6.42 Å². The number of benzene rings is 1. The van der Waals surface area contributed by atoms with Crippen molar-refractivity contribution in [2.75, 3.05) is 7.11 Å². The lowest BCUT2D eigenvalue weighted by Crippen LogP contribution is -1.87. The molecule has 1 aromatic heterocycles. The van der Waals surface area contributed by atoms with Gasteiger partial charge in [-0.05, 0) is 23.8 Å². The molecule has 0 bridgehead atoms. The zero-order valence-corrected chi connectivity index (χ0v) is 8.97. The summed E-state index contributed by atoms with van der Waals surface area (Å²) in [7, 11) is 1.64. The minimum Gasteiger partial charge on any atom is -0.497 e. The van der Waals surface area contributed by atoms with Gasteiger partial charge in [0.2, 0.25) is 0 Å². The van der Waals surface area contributed by atoms with Gasteiger partial charge in [-0.1, -0.05) is 18.1 Å². The lowest BCUT2D eigenvalue weighted by atomic mass is 10.0. The van der Waals surface area contributed by atoms with Crippen LogP contribution < -0.4 is 4.74 Å². The third kappa shape index (κ3) is 1.89. The standard InChI is InChI=1S/C14H11NO/c1-3-11-7-8-15-10-14(11)12-5-4-6-13(9-12)16-2/h1,4-10H,2H3. The normalized spacial score (nSPS) is 9.50. The first-order valence-corrected chi connectivity index (χ1v) is 4.90. The van der Waals surface area contributed by atoms with Crippen LogP contribution in [0.25, 0.3) is 11.1 Å². The van der Waals surface area contributed by atoms with Gasteiger partial charge in [0.05, 0.1) is 7.11 Å². The molecular weight excluding hydrogens is 198 g/mol. The molecule has 2 heteroatoms. The third-order valence-corrected chi connectivity index (χ3v) is 2.36. The van der Waals surface area contributed by atoms with Crippen LogP contribution in [0.1, 0.15) is 5.56 Å². The van der Waals surface area contributed by atoms with Crippen LogP contribution >= 0.6 is 0 Å². The molecule has 0 aliphatic carbocycles. The highest BCUT2D eigenvalue weighted by molar-refractivity contribution is 5.70. The molecule has 2 nitrogen and oxygen atoms in total. The summed E-state index contributed by atoms with van der Waals surface area (Å²) in [5.74, 6) is 3.46. The molecule has 2 aromatic rings. The van der Waals surface area contributed by atoms with Gasteiger partial charge in [-0.2, -0.15) is 0 Å². The number of hydrogen-bond donors (Lipinski definition) is 0. The molecule has 2 rings (SSSR count). The second kappa shape index (κ2) is 4.50. The van der Waals surface area contributed by atoms with Crippen LogP contribution in [-0.2, 0) is 0 Å². The van der Waals surface area contributed by atoms with Gasteiger partial charge in [0.25, 0.3) is 0 Å². The quantitative estimate of drug-likeness (QED) is 0.709. The Bertz CT molecular complexity index is 540. The molecule has 1 aromatic carbocycles. The van der Waals surface area contributed by atoms with Crippen LogP contribution in [0, 0.1) is 12.3 Å². The number of rotatable bonds is 2. The zero-order valence-electron chi connectivity index (χ0n) is 8.97. The number of aromatic nitrogens is 1. The predicted octanol–water partition coefficient (Wildman–Crippen LogP) is 2.74. The monoisotopic (exact) mass is 209 g/mol. The van der Waals surface area contributed by atoms with Crippen LogP contribution in [0.4, 0.5) is 0 Å². The summed E-state index contributed by atoms with van der Waals surface area (Å²) in [5.41, 5.74) is 2.80. The van der Waals surface area contributed by atoms with E-state index in [4.69, 9.17) is 11.2 Å². The Kier molecular flexibility index (Phi) is 2.88. The Hall–Kier alpha value is -2.27. The molecule has 0 unspecified atom stereocenters. The second-order valence-electron chi connectivity index (χ2n) is 3.30. The maximum atomic E-state index is 5.45. The van der Waals surface area contributed by atoms with Crippen molar-refractivity contribution in [2.24, 2.45) is 0 Å². The van der Waals surface area contributed by atoms with Gasteiger partial charge >= 0.3 is 0 Å². The number of ether oxygens (including phenoxy) is 1. The van der Waals surface area contributed by atoms with Gasteiger partial charge in [-0.3, -0.25) is 4.98 Å². The van der Waals surface area contributed by atoms with Crippen LogP contribution in [0.2, 0.25) is 0 Å². The maximum Gasteiger partial charge on any atom is 0.119 e. The molecule has 0 spiro atoms. The SMILES string of the molecule is C#Cc1ccncc1-c1cccc(OC)c1. The summed E-state index contributed by atoms with van der Waals surface area (Å²) >= 11 is 0. The Labute approximate surface area is 94.9 Å². The van der Waals surface area contributed by atoms with Gasteiger partial charge in [0.15, 0.2) is 0 Å². The molecule has 0 saturated heterocycles. The van der Waals surface area contributed by atoms with Crippen molar-refractivity contribution in [3.05, 3.63) is 48.3 Å². The number of terminal acetylenes is 1. The largest absolute Gasteiger partial charge is 0.497 e. The Morgan fingerprint density at radius 3 is 2.94 bits per heavy atom. The van der Waals surface area contributed by atoms with Crippen LogP contribution in [-0.4, -0.2) is 12.1 Å². The lowest BCUT2D eigenvalue weighted by molar-refractivity contribution is 0.415. The third-order valence-electron chi connectivity index (χ3n) is 2.36. The van der Waals surface area contributed by atoms with Gasteiger partial charge in [0, 0.05) is 23.5 Å². The van der Waals surface area contributed by atoms with E-state index < -0.39 is 0 Å². The fourth-order valence-electron chi connectivity index (χ4n) is 1.54. The summed E-state index contributed by atoms with van der Waals surface area (Å²) in [6.07, 6.45) is 8.91. The van der Waals surface area contributed by atoms with Crippen LogP contribution in [0.5, 0.6) is 5.75 Å². The average Bonchev–Trinajstić information content (AvgIpc) is 2.38. The smallest absolute Gasteiger partial charge is 0.119 e. The van der Waals surface area contributed by atoms with Crippen molar-refractivity contribution in [2.45, 2.75) is 0 Å². The molecule has 16 heavy (non-hydrogen) atoms. The highest BCUT2D eigenvalue weighted by Crippen LogP contribution is 2.25. The summed E-state index contributed by atoms with van der Waals surface area (Å²) < 4.78 is 5.18. The molecule has 0 amide bonds. The Balaban J connectivity index is 2.55. The fraction of sp³-hybridized carbons (Fsp3) is 0.0714. The van der Waals surface area contributed by atoms with E-state index in [1.807, 2.05) is 30.3 Å². The average molecular weight is 209 g/mol. The molecule has 0 aliphatic rings. The van der Waals surface area contributed by atoms with E-state index >= 15 is 0 Å². The van der Waals surface area contributed by atoms with Crippen molar-refractivity contribution in [3.8, 4) is 29.2 Å². The number of pyridine rings is 1. The molecule has 0 saturated carbocycles. The highest BCUT2D eigenvalue weighted by Gasteiger charge is 2.03. The van der Waals surface area contributed by atoms with Crippen LogP contribution in [0.15, 0.2) is 42.7 Å². The van der Waals surface area contributed by atoms with E-state index in [1.165, 1.54) is 0 Å². The first-order valence-electron chi connectivity index (χ1n) is 4.90. The van der Waals surface area contributed by atoms with Crippen molar-refractivity contribution >= 4 is 0 Å². The summed E-state index contributed by atoms with van der Waals surface area (Å²) in [5, 5.41) is 0. The van der Waals surface area contributed by atoms with E-state index in [0.717, 1.165) is 22.4 Å². The summed E-state index contributed by atoms with van der Waals surface area (Å²) in [6.45, 7) is 0. The van der Waals surface area contributed by atoms with Crippen molar-refractivity contribution in [1.29, 1.82) is 0 Å². The molecule has 0 radical (unpaired) electrons. The van der Waals surface area contributed by atoms with Gasteiger partial charge in [-0.25, -0.2) is 0 Å². The Morgan fingerprint density at radius 2 is 2.19 bits per heavy atom. The first kappa shape index (κ1) is 10.3. The molecule has 78 valence electrons. The van der Waals surface area contributed by atoms with Crippen molar-refractivity contribution in [1.82, 2.24) is 4.98 Å².